The molecule has 2 atom stereocenters. The monoisotopic (exact) mass is 476 g/mol. The minimum atomic E-state index is -0.315. The molecule has 1 aliphatic rings. The molecule has 4 aromatic rings. The Labute approximate surface area is 200 Å². The van der Waals surface area contributed by atoms with E-state index in [-0.39, 0.29) is 29.7 Å². The quantitative estimate of drug-likeness (QED) is 0.468. The molecule has 0 spiro atoms. The Hall–Kier alpha value is -3.66. The van der Waals surface area contributed by atoms with Crippen molar-refractivity contribution in [3.8, 4) is 11.3 Å². The van der Waals surface area contributed by atoms with E-state index in [1.807, 2.05) is 31.4 Å². The minimum absolute atomic E-state index is 0.0248. The number of nitrogens with one attached hydrogen (secondary N) is 1. The van der Waals surface area contributed by atoms with Crippen molar-refractivity contribution in [1.82, 2.24) is 30.2 Å². The predicted molar refractivity (Wildman–Crippen MR) is 127 cm³/mol. The van der Waals surface area contributed by atoms with Gasteiger partial charge in [-0.1, -0.05) is 0 Å². The van der Waals surface area contributed by atoms with E-state index in [0.29, 0.717) is 30.6 Å². The van der Waals surface area contributed by atoms with E-state index in [2.05, 4.69) is 25.3 Å². The average Bonchev–Trinajstić information content (AvgIpc) is 3.50. The van der Waals surface area contributed by atoms with Crippen LogP contribution < -0.4 is 5.32 Å². The summed E-state index contributed by atoms with van der Waals surface area (Å²) >= 11 is 1.50. The van der Waals surface area contributed by atoms with Crippen molar-refractivity contribution in [2.75, 3.05) is 6.54 Å². The summed E-state index contributed by atoms with van der Waals surface area (Å²) in [4.78, 5) is 45.0. The normalized spacial score (nSPS) is 18.2. The molecule has 4 aromatic heterocycles. The van der Waals surface area contributed by atoms with Gasteiger partial charge in [-0.2, -0.15) is 0 Å². The Morgan fingerprint density at radius 3 is 2.91 bits per heavy atom. The number of pyridine rings is 2. The van der Waals surface area contributed by atoms with Crippen LogP contribution >= 0.6 is 11.3 Å². The number of carbonyl (C=O) groups is 2. The van der Waals surface area contributed by atoms with Crippen molar-refractivity contribution in [2.45, 2.75) is 39.3 Å². The number of aromatic nitrogens is 4. The van der Waals surface area contributed by atoms with Gasteiger partial charge in [-0.15, -0.1) is 11.3 Å². The van der Waals surface area contributed by atoms with Gasteiger partial charge in [-0.05, 0) is 44.9 Å². The lowest BCUT2D eigenvalue weighted by Crippen LogP contribution is -2.51. The predicted octanol–water partition coefficient (Wildman–Crippen LogP) is 3.61. The highest BCUT2D eigenvalue weighted by Crippen LogP contribution is 2.27. The lowest BCUT2D eigenvalue weighted by atomic mass is 9.89. The zero-order valence-corrected chi connectivity index (χ0v) is 19.7. The van der Waals surface area contributed by atoms with Crippen molar-refractivity contribution >= 4 is 34.3 Å². The molecule has 1 fully saturated rings. The average molecular weight is 477 g/mol. The Kier molecular flexibility index (Phi) is 6.06. The molecule has 1 aliphatic heterocycles. The molecule has 0 saturated carbocycles. The summed E-state index contributed by atoms with van der Waals surface area (Å²) in [6.45, 7) is 4.74. The van der Waals surface area contributed by atoms with Gasteiger partial charge < -0.3 is 14.6 Å². The summed E-state index contributed by atoms with van der Waals surface area (Å²) in [7, 11) is 0. The van der Waals surface area contributed by atoms with Crippen LogP contribution in [0.1, 0.15) is 41.2 Å². The lowest BCUT2D eigenvalue weighted by molar-refractivity contribution is -0.128. The fourth-order valence-corrected chi connectivity index (χ4v) is 4.96. The SMILES string of the molecule is Cc1ccc(-c2csc(CNC(=O)C3CCCN(C(=O)c4nc5ccncc5o4)C3C)n2)cn1. The number of likely N-dealkylation sites (tertiary alicyclic amines) is 1. The standard InChI is InChI=1S/C24H24N6O3S/c1-14-5-6-16(10-26-14)19-13-34-21(28-19)12-27-22(31)17-4-3-9-30(15(17)2)24(32)23-29-18-7-8-25-11-20(18)33-23/h5-8,10-11,13,15,17H,3-4,9,12H2,1-2H3,(H,27,31). The van der Waals surface area contributed by atoms with Crippen LogP contribution in [0, 0.1) is 12.8 Å². The minimum Gasteiger partial charge on any atom is -0.431 e. The molecular weight excluding hydrogens is 452 g/mol. The summed E-state index contributed by atoms with van der Waals surface area (Å²) in [5.74, 6) is -0.681. The van der Waals surface area contributed by atoms with E-state index in [4.69, 9.17) is 4.42 Å². The van der Waals surface area contributed by atoms with E-state index in [1.165, 1.54) is 17.5 Å². The maximum atomic E-state index is 13.1. The molecule has 1 saturated heterocycles. The van der Waals surface area contributed by atoms with E-state index >= 15 is 0 Å². The number of amides is 2. The molecule has 2 unspecified atom stereocenters. The van der Waals surface area contributed by atoms with Crippen LogP contribution in [-0.4, -0.2) is 49.2 Å². The van der Waals surface area contributed by atoms with Crippen molar-refractivity contribution in [2.24, 2.45) is 5.92 Å². The van der Waals surface area contributed by atoms with Crippen molar-refractivity contribution in [3.63, 3.8) is 0 Å². The van der Waals surface area contributed by atoms with Gasteiger partial charge in [0.05, 0.1) is 24.4 Å². The first-order valence-electron chi connectivity index (χ1n) is 11.2. The maximum absolute atomic E-state index is 13.1. The fraction of sp³-hybridized carbons (Fsp3) is 0.333. The lowest BCUT2D eigenvalue weighted by Gasteiger charge is -2.37. The third-order valence-electron chi connectivity index (χ3n) is 6.13. The third kappa shape index (κ3) is 4.41. The molecule has 1 N–H and O–H groups in total. The molecule has 34 heavy (non-hydrogen) atoms. The van der Waals surface area contributed by atoms with Gasteiger partial charge in [0.1, 0.15) is 10.5 Å². The van der Waals surface area contributed by atoms with Crippen LogP contribution in [-0.2, 0) is 11.3 Å². The van der Waals surface area contributed by atoms with E-state index in [1.54, 1.807) is 23.4 Å². The van der Waals surface area contributed by atoms with Crippen molar-refractivity contribution in [1.29, 1.82) is 0 Å². The zero-order chi connectivity index (χ0) is 23.7. The van der Waals surface area contributed by atoms with Crippen LogP contribution in [0.2, 0.25) is 0 Å². The topological polar surface area (TPSA) is 114 Å². The number of aryl methyl sites for hydroxylation is 1. The number of carbonyl (C=O) groups excluding carboxylic acids is 2. The van der Waals surface area contributed by atoms with Crippen molar-refractivity contribution < 1.29 is 14.0 Å². The number of oxazole rings is 1. The fourth-order valence-electron chi connectivity index (χ4n) is 4.21. The number of hydrogen-bond donors (Lipinski definition) is 1. The molecule has 2 amide bonds. The molecule has 0 aromatic carbocycles. The summed E-state index contributed by atoms with van der Waals surface area (Å²) in [6, 6.07) is 5.36. The highest BCUT2D eigenvalue weighted by atomic mass is 32.1. The second-order valence-corrected chi connectivity index (χ2v) is 9.33. The van der Waals surface area contributed by atoms with Gasteiger partial charge in [-0.3, -0.25) is 19.6 Å². The number of piperidine rings is 1. The number of fused-ring (bicyclic) bond motifs is 1. The molecule has 5 heterocycles. The van der Waals surface area contributed by atoms with Crippen molar-refractivity contribution in [3.05, 3.63) is 58.8 Å². The highest BCUT2D eigenvalue weighted by Gasteiger charge is 2.37. The Balaban J connectivity index is 1.22. The van der Waals surface area contributed by atoms with E-state index < -0.39 is 0 Å². The Morgan fingerprint density at radius 1 is 1.24 bits per heavy atom. The zero-order valence-electron chi connectivity index (χ0n) is 18.9. The number of thiazole rings is 1. The molecule has 0 bridgehead atoms. The Morgan fingerprint density at radius 2 is 2.12 bits per heavy atom. The summed E-state index contributed by atoms with van der Waals surface area (Å²) in [5, 5.41) is 5.79. The van der Waals surface area contributed by atoms with Gasteiger partial charge in [0.25, 0.3) is 5.89 Å². The highest BCUT2D eigenvalue weighted by molar-refractivity contribution is 7.09. The van der Waals surface area contributed by atoms with Gasteiger partial charge in [-0.25, -0.2) is 9.97 Å². The van der Waals surface area contributed by atoms with Crippen LogP contribution in [0.15, 0.2) is 46.6 Å². The van der Waals surface area contributed by atoms with Crippen LogP contribution in [0.5, 0.6) is 0 Å². The maximum Gasteiger partial charge on any atom is 0.310 e. The first-order valence-corrected chi connectivity index (χ1v) is 12.0. The molecular formula is C24H24N6O3S. The number of hydrogen-bond acceptors (Lipinski definition) is 8. The van der Waals surface area contributed by atoms with Gasteiger partial charge in [0.2, 0.25) is 5.91 Å². The van der Waals surface area contributed by atoms with Crippen LogP contribution in [0.4, 0.5) is 0 Å². The van der Waals surface area contributed by atoms with Crippen LogP contribution in [0.25, 0.3) is 22.4 Å². The molecule has 174 valence electrons. The van der Waals surface area contributed by atoms with Gasteiger partial charge in [0.15, 0.2) is 5.58 Å². The number of nitrogens with zero attached hydrogens (tertiary/aromatic N) is 5. The van der Waals surface area contributed by atoms with Gasteiger partial charge in [0, 0.05) is 41.6 Å². The molecule has 0 radical (unpaired) electrons. The smallest absolute Gasteiger partial charge is 0.310 e. The van der Waals surface area contributed by atoms with E-state index in [9.17, 15) is 9.59 Å². The summed E-state index contributed by atoms with van der Waals surface area (Å²) in [6.07, 6.45) is 6.39. The van der Waals surface area contributed by atoms with Crippen LogP contribution in [0.3, 0.4) is 0 Å². The summed E-state index contributed by atoms with van der Waals surface area (Å²) in [5.41, 5.74) is 3.80. The summed E-state index contributed by atoms with van der Waals surface area (Å²) < 4.78 is 5.60. The largest absolute Gasteiger partial charge is 0.431 e. The third-order valence-corrected chi connectivity index (χ3v) is 6.98. The first kappa shape index (κ1) is 22.1. The molecule has 5 rings (SSSR count). The second kappa shape index (κ2) is 9.30. The second-order valence-electron chi connectivity index (χ2n) is 8.38. The molecule has 0 aliphatic carbocycles. The van der Waals surface area contributed by atoms with E-state index in [0.717, 1.165) is 28.4 Å². The first-order chi connectivity index (χ1) is 16.5. The number of rotatable bonds is 5. The Bertz CT molecular complexity index is 1300. The molecule has 10 heteroatoms. The molecule has 9 nitrogen and oxygen atoms in total. The van der Waals surface area contributed by atoms with Gasteiger partial charge >= 0.3 is 5.91 Å².